The summed E-state index contributed by atoms with van der Waals surface area (Å²) in [6.07, 6.45) is 0. The second-order valence-corrected chi connectivity index (χ2v) is 4.28. The fourth-order valence-electron chi connectivity index (χ4n) is 1.79. The van der Waals surface area contributed by atoms with Crippen molar-refractivity contribution in [3.63, 3.8) is 0 Å². The van der Waals surface area contributed by atoms with Gasteiger partial charge in [0, 0.05) is 18.3 Å². The average Bonchev–Trinajstić information content (AvgIpc) is 2.45. The smallest absolute Gasteiger partial charge is 0.311 e. The minimum Gasteiger partial charge on any atom is -0.497 e. The third-order valence-electron chi connectivity index (χ3n) is 2.80. The lowest BCUT2D eigenvalue weighted by molar-refractivity contribution is -0.384. The first-order chi connectivity index (χ1) is 9.60. The standard InChI is InChI=1S/C14H15N3O3/c1-10-6-7-13(17(18)19)14(16-10)15-9-11-4-3-5-12(8-11)20-2/h3-8H,9H2,1-2H3,(H,15,16). The Labute approximate surface area is 116 Å². The first-order valence-electron chi connectivity index (χ1n) is 6.09. The minimum atomic E-state index is -0.444. The molecule has 0 saturated heterocycles. The van der Waals surface area contributed by atoms with Crippen LogP contribution in [0.25, 0.3) is 0 Å². The molecule has 6 heteroatoms. The number of ether oxygens (including phenoxy) is 1. The average molecular weight is 273 g/mol. The van der Waals surface area contributed by atoms with Gasteiger partial charge in [-0.15, -0.1) is 0 Å². The van der Waals surface area contributed by atoms with Crippen LogP contribution in [0.5, 0.6) is 5.75 Å². The second kappa shape index (κ2) is 6.01. The van der Waals surface area contributed by atoms with E-state index in [9.17, 15) is 10.1 Å². The largest absolute Gasteiger partial charge is 0.497 e. The molecule has 20 heavy (non-hydrogen) atoms. The molecule has 1 aromatic carbocycles. The monoisotopic (exact) mass is 273 g/mol. The van der Waals surface area contributed by atoms with Crippen LogP contribution in [0.3, 0.4) is 0 Å². The normalized spacial score (nSPS) is 10.1. The second-order valence-electron chi connectivity index (χ2n) is 4.28. The maximum absolute atomic E-state index is 11.0. The van der Waals surface area contributed by atoms with Crippen LogP contribution in [0.15, 0.2) is 36.4 Å². The summed E-state index contributed by atoms with van der Waals surface area (Å²) in [5.74, 6) is 1.02. The van der Waals surface area contributed by atoms with Gasteiger partial charge < -0.3 is 10.1 Å². The lowest BCUT2D eigenvalue weighted by atomic mass is 10.2. The molecule has 104 valence electrons. The molecule has 0 saturated carbocycles. The number of nitro groups is 1. The van der Waals surface area contributed by atoms with Gasteiger partial charge in [-0.1, -0.05) is 12.1 Å². The van der Waals surface area contributed by atoms with Crippen LogP contribution in [0.4, 0.5) is 11.5 Å². The predicted octanol–water partition coefficient (Wildman–Crippen LogP) is 2.92. The SMILES string of the molecule is COc1cccc(CNc2nc(C)ccc2[N+](=O)[O-])c1. The van der Waals surface area contributed by atoms with Gasteiger partial charge in [0.2, 0.25) is 5.82 Å². The van der Waals surface area contributed by atoms with E-state index in [0.29, 0.717) is 6.54 Å². The van der Waals surface area contributed by atoms with Crippen molar-refractivity contribution in [3.8, 4) is 5.75 Å². The Balaban J connectivity index is 2.17. The Bertz CT molecular complexity index is 629. The summed E-state index contributed by atoms with van der Waals surface area (Å²) in [5.41, 5.74) is 1.66. The lowest BCUT2D eigenvalue weighted by Crippen LogP contribution is -2.05. The Morgan fingerprint density at radius 2 is 2.15 bits per heavy atom. The molecule has 0 radical (unpaired) electrons. The van der Waals surface area contributed by atoms with Gasteiger partial charge in [0.15, 0.2) is 0 Å². The molecule has 0 atom stereocenters. The number of methoxy groups -OCH3 is 1. The predicted molar refractivity (Wildman–Crippen MR) is 75.9 cm³/mol. The Hall–Kier alpha value is -2.63. The number of pyridine rings is 1. The van der Waals surface area contributed by atoms with E-state index in [1.807, 2.05) is 24.3 Å². The molecule has 0 aliphatic heterocycles. The van der Waals surface area contributed by atoms with Crippen LogP contribution in [0, 0.1) is 17.0 Å². The van der Waals surface area contributed by atoms with Crippen LogP contribution < -0.4 is 10.1 Å². The van der Waals surface area contributed by atoms with E-state index < -0.39 is 4.92 Å². The van der Waals surface area contributed by atoms with Crippen LogP contribution >= 0.6 is 0 Å². The number of nitrogens with one attached hydrogen (secondary N) is 1. The van der Waals surface area contributed by atoms with E-state index in [0.717, 1.165) is 17.0 Å². The van der Waals surface area contributed by atoms with E-state index in [1.165, 1.54) is 6.07 Å². The highest BCUT2D eigenvalue weighted by atomic mass is 16.6. The fraction of sp³-hybridized carbons (Fsp3) is 0.214. The molecule has 0 unspecified atom stereocenters. The van der Waals surface area contributed by atoms with Crippen molar-refractivity contribution < 1.29 is 9.66 Å². The van der Waals surface area contributed by atoms with Gasteiger partial charge in [-0.2, -0.15) is 0 Å². The molecule has 6 nitrogen and oxygen atoms in total. The number of aromatic nitrogens is 1. The molecule has 1 aromatic heterocycles. The summed E-state index contributed by atoms with van der Waals surface area (Å²) in [5, 5.41) is 13.9. The first-order valence-corrected chi connectivity index (χ1v) is 6.09. The molecule has 0 bridgehead atoms. The van der Waals surface area contributed by atoms with Crippen LogP contribution in [0.2, 0.25) is 0 Å². The number of anilines is 1. The van der Waals surface area contributed by atoms with Crippen molar-refractivity contribution in [2.75, 3.05) is 12.4 Å². The third-order valence-corrected chi connectivity index (χ3v) is 2.80. The van der Waals surface area contributed by atoms with Gasteiger partial charge in [-0.25, -0.2) is 4.98 Å². The van der Waals surface area contributed by atoms with Gasteiger partial charge in [-0.3, -0.25) is 10.1 Å². The van der Waals surface area contributed by atoms with Crippen molar-refractivity contribution in [2.45, 2.75) is 13.5 Å². The highest BCUT2D eigenvalue weighted by Gasteiger charge is 2.14. The molecule has 0 spiro atoms. The molecule has 0 amide bonds. The van der Waals surface area contributed by atoms with Crippen LogP contribution in [0.1, 0.15) is 11.3 Å². The summed E-state index contributed by atoms with van der Waals surface area (Å²) >= 11 is 0. The van der Waals surface area contributed by atoms with Gasteiger partial charge in [-0.05, 0) is 30.7 Å². The van der Waals surface area contributed by atoms with Crippen molar-refractivity contribution in [3.05, 3.63) is 57.8 Å². The quantitative estimate of drug-likeness (QED) is 0.669. The zero-order valence-corrected chi connectivity index (χ0v) is 11.3. The van der Waals surface area contributed by atoms with E-state index in [-0.39, 0.29) is 11.5 Å². The third kappa shape index (κ3) is 3.23. The van der Waals surface area contributed by atoms with Crippen molar-refractivity contribution >= 4 is 11.5 Å². The number of aryl methyl sites for hydroxylation is 1. The molecule has 2 rings (SSSR count). The fourth-order valence-corrected chi connectivity index (χ4v) is 1.79. The molecular formula is C14H15N3O3. The summed E-state index contributed by atoms with van der Waals surface area (Å²) in [6, 6.07) is 10.6. The molecule has 1 heterocycles. The molecule has 2 aromatic rings. The van der Waals surface area contributed by atoms with E-state index in [1.54, 1.807) is 20.1 Å². The number of hydrogen-bond acceptors (Lipinski definition) is 5. The number of hydrogen-bond donors (Lipinski definition) is 1. The minimum absolute atomic E-state index is 0.0292. The number of nitrogens with zero attached hydrogens (tertiary/aromatic N) is 2. The maximum Gasteiger partial charge on any atom is 0.311 e. The zero-order chi connectivity index (χ0) is 14.5. The molecule has 0 fully saturated rings. The summed E-state index contributed by atoms with van der Waals surface area (Å²) in [7, 11) is 1.60. The molecule has 0 aliphatic carbocycles. The number of rotatable bonds is 5. The maximum atomic E-state index is 11.0. The van der Waals surface area contributed by atoms with E-state index in [4.69, 9.17) is 4.74 Å². The highest BCUT2D eigenvalue weighted by molar-refractivity contribution is 5.56. The zero-order valence-electron chi connectivity index (χ0n) is 11.3. The van der Waals surface area contributed by atoms with Gasteiger partial charge in [0.25, 0.3) is 0 Å². The Morgan fingerprint density at radius 1 is 1.35 bits per heavy atom. The van der Waals surface area contributed by atoms with Gasteiger partial charge >= 0.3 is 5.69 Å². The summed E-state index contributed by atoms with van der Waals surface area (Å²) < 4.78 is 5.14. The van der Waals surface area contributed by atoms with E-state index >= 15 is 0 Å². The molecule has 1 N–H and O–H groups in total. The van der Waals surface area contributed by atoms with Crippen molar-refractivity contribution in [1.82, 2.24) is 4.98 Å². The first kappa shape index (κ1) is 13.8. The van der Waals surface area contributed by atoms with Crippen molar-refractivity contribution in [2.24, 2.45) is 0 Å². The highest BCUT2D eigenvalue weighted by Crippen LogP contribution is 2.23. The molecular weight excluding hydrogens is 258 g/mol. The van der Waals surface area contributed by atoms with Gasteiger partial charge in [0.05, 0.1) is 12.0 Å². The Kier molecular flexibility index (Phi) is 4.14. The Morgan fingerprint density at radius 3 is 2.85 bits per heavy atom. The van der Waals surface area contributed by atoms with Crippen LogP contribution in [-0.4, -0.2) is 17.0 Å². The topological polar surface area (TPSA) is 77.3 Å². The van der Waals surface area contributed by atoms with Crippen LogP contribution in [-0.2, 0) is 6.54 Å². The lowest BCUT2D eigenvalue weighted by Gasteiger charge is -2.08. The van der Waals surface area contributed by atoms with E-state index in [2.05, 4.69) is 10.3 Å². The number of benzene rings is 1. The summed E-state index contributed by atoms with van der Waals surface area (Å²) in [4.78, 5) is 14.7. The summed E-state index contributed by atoms with van der Waals surface area (Å²) in [6.45, 7) is 2.23. The molecule has 0 aliphatic rings. The van der Waals surface area contributed by atoms with Crippen molar-refractivity contribution in [1.29, 1.82) is 0 Å². The van der Waals surface area contributed by atoms with Gasteiger partial charge in [0.1, 0.15) is 5.75 Å².